The Morgan fingerprint density at radius 3 is 2.48 bits per heavy atom. The third kappa shape index (κ3) is 5.06. The zero-order chi connectivity index (χ0) is 29.5. The number of pyridine rings is 1. The van der Waals surface area contributed by atoms with Gasteiger partial charge in [0.05, 0.1) is 24.0 Å². The van der Waals surface area contributed by atoms with E-state index in [1.807, 2.05) is 41.5 Å². The Labute approximate surface area is 245 Å². The maximum Gasteiger partial charge on any atom is 0.341 e. The molecule has 0 atom stereocenters. The highest BCUT2D eigenvalue weighted by atomic mass is 32.1. The van der Waals surface area contributed by atoms with Gasteiger partial charge in [-0.15, -0.1) is 11.3 Å². The number of carbonyl (C=O) groups excluding carboxylic acids is 1. The van der Waals surface area contributed by atoms with Crippen molar-refractivity contribution in [3.05, 3.63) is 69.6 Å². The molecule has 1 aliphatic carbocycles. The van der Waals surface area contributed by atoms with Gasteiger partial charge in [0.25, 0.3) is 0 Å². The Bertz CT molecular complexity index is 1720. The highest BCUT2D eigenvalue weighted by Gasteiger charge is 2.30. The van der Waals surface area contributed by atoms with Crippen LogP contribution in [0.5, 0.6) is 5.75 Å². The molecule has 1 aliphatic heterocycles. The number of hydrogen-bond acceptors (Lipinski definition) is 7. The molecule has 42 heavy (non-hydrogen) atoms. The average molecular weight is 592 g/mol. The van der Waals surface area contributed by atoms with E-state index in [2.05, 4.69) is 0 Å². The van der Waals surface area contributed by atoms with Gasteiger partial charge in [-0.25, -0.2) is 19.0 Å². The predicted molar refractivity (Wildman–Crippen MR) is 160 cm³/mol. The van der Waals surface area contributed by atoms with Gasteiger partial charge in [-0.1, -0.05) is 0 Å². The summed E-state index contributed by atoms with van der Waals surface area (Å²) in [7, 11) is 1.62. The first-order valence-electron chi connectivity index (χ1n) is 13.8. The van der Waals surface area contributed by atoms with Crippen LogP contribution in [0.25, 0.3) is 22.2 Å². The molecule has 12 heteroatoms. The number of piperazine rings is 1. The molecule has 2 amide bonds. The Morgan fingerprint density at radius 2 is 1.86 bits per heavy atom. The number of benzene rings is 2. The highest BCUT2D eigenvalue weighted by molar-refractivity contribution is 7.14. The fourth-order valence-corrected chi connectivity index (χ4v) is 6.24. The van der Waals surface area contributed by atoms with E-state index in [0.29, 0.717) is 49.1 Å². The molecule has 2 aliphatic rings. The number of aromatic nitrogens is 2. The van der Waals surface area contributed by atoms with Crippen molar-refractivity contribution in [2.45, 2.75) is 25.8 Å². The van der Waals surface area contributed by atoms with E-state index >= 15 is 4.39 Å². The molecule has 10 nitrogen and oxygen atoms in total. The number of rotatable bonds is 7. The Balaban J connectivity index is 1.19. The maximum absolute atomic E-state index is 15.4. The lowest BCUT2D eigenvalue weighted by Gasteiger charge is -2.38. The minimum absolute atomic E-state index is 0.0629. The summed E-state index contributed by atoms with van der Waals surface area (Å²) in [6, 6.07) is 10.3. The van der Waals surface area contributed by atoms with E-state index in [1.54, 1.807) is 27.5 Å². The molecule has 1 saturated carbocycles. The lowest BCUT2D eigenvalue weighted by molar-refractivity contribution is 0.0694. The van der Waals surface area contributed by atoms with Gasteiger partial charge < -0.3 is 24.2 Å². The number of urea groups is 1. The molecule has 0 radical (unpaired) electrons. The number of thiazole rings is 1. The fraction of sp³-hybridized carbons (Fsp3) is 0.333. The Kier molecular flexibility index (Phi) is 7.31. The molecule has 2 aromatic heterocycles. The van der Waals surface area contributed by atoms with Crippen molar-refractivity contribution in [2.75, 3.05) is 49.6 Å². The average Bonchev–Trinajstić information content (AvgIpc) is 3.74. The van der Waals surface area contributed by atoms with E-state index in [0.717, 1.165) is 35.9 Å². The van der Waals surface area contributed by atoms with Gasteiger partial charge in [0, 0.05) is 61.3 Å². The van der Waals surface area contributed by atoms with Crippen molar-refractivity contribution in [3.8, 4) is 17.0 Å². The van der Waals surface area contributed by atoms with Crippen molar-refractivity contribution < 1.29 is 23.8 Å². The van der Waals surface area contributed by atoms with Gasteiger partial charge >= 0.3 is 12.0 Å². The summed E-state index contributed by atoms with van der Waals surface area (Å²) < 4.78 is 22.4. The van der Waals surface area contributed by atoms with Crippen molar-refractivity contribution in [3.63, 3.8) is 0 Å². The number of nitrogens with zero attached hydrogens (tertiary/aromatic N) is 5. The quantitative estimate of drug-likeness (QED) is 0.320. The zero-order valence-corrected chi connectivity index (χ0v) is 24.1. The molecule has 3 heterocycles. The number of carboxylic acids is 1. The zero-order valence-electron chi connectivity index (χ0n) is 23.2. The number of carbonyl (C=O) groups is 2. The summed E-state index contributed by atoms with van der Waals surface area (Å²) >= 11 is 1.40. The molecular formula is C30H30FN5O5S. The summed E-state index contributed by atoms with van der Waals surface area (Å²) in [6.45, 7) is 3.93. The predicted octanol–water partition coefficient (Wildman–Crippen LogP) is 5.07. The van der Waals surface area contributed by atoms with Crippen LogP contribution in [-0.4, -0.2) is 71.4 Å². The van der Waals surface area contributed by atoms with Crippen LogP contribution in [-0.2, 0) is 0 Å². The number of aromatic carboxylic acids is 1. The largest absolute Gasteiger partial charge is 0.497 e. The summed E-state index contributed by atoms with van der Waals surface area (Å²) in [4.78, 5) is 47.9. The molecule has 1 N–H and O–H groups in total. The molecular weight excluding hydrogens is 561 g/mol. The smallest absolute Gasteiger partial charge is 0.341 e. The number of ether oxygens (including phenoxy) is 1. The van der Waals surface area contributed by atoms with E-state index in [9.17, 15) is 19.5 Å². The van der Waals surface area contributed by atoms with Crippen molar-refractivity contribution >= 4 is 45.1 Å². The number of fused-ring (bicyclic) bond motifs is 1. The highest BCUT2D eigenvalue weighted by Crippen LogP contribution is 2.38. The van der Waals surface area contributed by atoms with Gasteiger partial charge in [0.15, 0.2) is 5.13 Å². The fourth-order valence-electron chi connectivity index (χ4n) is 5.35. The van der Waals surface area contributed by atoms with E-state index in [4.69, 9.17) is 9.72 Å². The van der Waals surface area contributed by atoms with Crippen LogP contribution in [0.2, 0.25) is 0 Å². The van der Waals surface area contributed by atoms with Gasteiger partial charge in [-0.05, 0) is 56.2 Å². The molecule has 0 spiro atoms. The first-order chi connectivity index (χ1) is 20.3. The molecule has 2 fully saturated rings. The number of amides is 2. The Morgan fingerprint density at radius 1 is 1.14 bits per heavy atom. The van der Waals surface area contributed by atoms with Crippen LogP contribution in [0.1, 0.15) is 36.2 Å². The van der Waals surface area contributed by atoms with Crippen LogP contribution in [0, 0.1) is 5.82 Å². The standard InChI is InChI=1S/C30H30FN5O5S/c1-3-35(29-32-24(17-42-29)18-4-8-20(41-2)9-5-18)30(40)34-12-10-33(11-13-34)26-15-25-21(14-23(26)31)27(37)22(28(38)39)16-36(25)19-6-7-19/h4-5,8-9,14-17,19H,3,6-7,10-13H2,1-2H3,(H,38,39). The minimum Gasteiger partial charge on any atom is -0.497 e. The number of hydrogen-bond donors (Lipinski definition) is 1. The molecule has 0 bridgehead atoms. The number of anilines is 2. The number of methoxy groups -OCH3 is 1. The van der Waals surface area contributed by atoms with E-state index in [1.165, 1.54) is 17.5 Å². The SMILES string of the molecule is CCN(C(=O)N1CCN(c2cc3c(cc2F)c(=O)c(C(=O)O)cn3C2CC2)CC1)c1nc(-c2ccc(OC)cc2)cs1. The number of halogens is 1. The molecule has 4 aromatic rings. The molecule has 6 rings (SSSR count). The Hall–Kier alpha value is -4.45. The van der Waals surface area contributed by atoms with Crippen molar-refractivity contribution in [1.29, 1.82) is 0 Å². The molecule has 2 aromatic carbocycles. The second-order valence-electron chi connectivity index (χ2n) is 10.4. The second kappa shape index (κ2) is 11.1. The topological polar surface area (TPSA) is 108 Å². The molecule has 1 saturated heterocycles. The van der Waals surface area contributed by atoms with Crippen LogP contribution in [0.4, 0.5) is 20.0 Å². The van der Waals surface area contributed by atoms with Crippen LogP contribution >= 0.6 is 11.3 Å². The van der Waals surface area contributed by atoms with Crippen molar-refractivity contribution in [2.24, 2.45) is 0 Å². The third-order valence-corrected chi connectivity index (χ3v) is 8.68. The molecule has 218 valence electrons. The summed E-state index contributed by atoms with van der Waals surface area (Å²) in [6.07, 6.45) is 3.12. The van der Waals surface area contributed by atoms with Crippen molar-refractivity contribution in [1.82, 2.24) is 14.5 Å². The van der Waals surface area contributed by atoms with Crippen LogP contribution in [0.3, 0.4) is 0 Å². The summed E-state index contributed by atoms with van der Waals surface area (Å²) in [5.74, 6) is -1.16. The summed E-state index contributed by atoms with van der Waals surface area (Å²) in [5.41, 5.74) is 1.52. The van der Waals surface area contributed by atoms with Gasteiger partial charge in [0.1, 0.15) is 17.1 Å². The van der Waals surface area contributed by atoms with Gasteiger partial charge in [-0.3, -0.25) is 9.69 Å². The third-order valence-electron chi connectivity index (χ3n) is 7.82. The van der Waals surface area contributed by atoms with Gasteiger partial charge in [0.2, 0.25) is 5.43 Å². The maximum atomic E-state index is 15.4. The minimum atomic E-state index is -1.32. The lowest BCUT2D eigenvalue weighted by Crippen LogP contribution is -2.53. The first-order valence-corrected chi connectivity index (χ1v) is 14.7. The second-order valence-corrected chi connectivity index (χ2v) is 11.2. The molecule has 0 unspecified atom stereocenters. The van der Waals surface area contributed by atoms with Gasteiger partial charge in [-0.2, -0.15) is 0 Å². The first kappa shape index (κ1) is 27.7. The monoisotopic (exact) mass is 591 g/mol. The van der Waals surface area contributed by atoms with Crippen LogP contribution < -0.4 is 20.0 Å². The lowest BCUT2D eigenvalue weighted by atomic mass is 10.1. The number of carboxylic acid groups (broad SMARTS) is 1. The van der Waals surface area contributed by atoms with E-state index < -0.39 is 17.2 Å². The normalized spacial score (nSPS) is 15.2. The van der Waals surface area contributed by atoms with Crippen LogP contribution in [0.15, 0.2) is 52.8 Å². The summed E-state index contributed by atoms with van der Waals surface area (Å²) in [5, 5.41) is 12.1. The van der Waals surface area contributed by atoms with E-state index in [-0.39, 0.29) is 23.0 Å².